The minimum Gasteiger partial charge on any atom is -0.0991 e. The van der Waals surface area contributed by atoms with Gasteiger partial charge < -0.3 is 0 Å². The lowest BCUT2D eigenvalue weighted by atomic mass is 10.4. The van der Waals surface area contributed by atoms with Gasteiger partial charge in [0.05, 0.1) is 0 Å². The first-order chi connectivity index (χ1) is 14.2. The van der Waals surface area contributed by atoms with Crippen LogP contribution in [0.4, 0.5) is 0 Å². The molecule has 0 saturated carbocycles. The summed E-state index contributed by atoms with van der Waals surface area (Å²) in [5.74, 6) is 0. The van der Waals surface area contributed by atoms with Crippen LogP contribution < -0.4 is 10.6 Å². The van der Waals surface area contributed by atoms with Gasteiger partial charge in [0.15, 0.2) is 0 Å². The van der Waals surface area contributed by atoms with Crippen LogP contribution in [-0.4, -0.2) is 12.3 Å². The van der Waals surface area contributed by atoms with Crippen LogP contribution in [-0.2, 0) is 0 Å². The Hall–Kier alpha value is -2.00. The molecule has 0 aliphatic heterocycles. The van der Waals surface area contributed by atoms with E-state index in [9.17, 15) is 0 Å². The van der Waals surface area contributed by atoms with Gasteiger partial charge in [-0.25, -0.2) is 0 Å². The summed E-state index contributed by atoms with van der Waals surface area (Å²) >= 11 is 0. The summed E-state index contributed by atoms with van der Waals surface area (Å²) in [6.45, 7) is 12.2. The first-order valence-electron chi connectivity index (χ1n) is 10.1. The van der Waals surface area contributed by atoms with Crippen LogP contribution in [0.5, 0.6) is 0 Å². The van der Waals surface area contributed by atoms with E-state index in [0.29, 0.717) is 0 Å². The molecule has 2 rings (SSSR count). The van der Waals surface area contributed by atoms with Crippen LogP contribution in [0.1, 0.15) is 20.3 Å². The van der Waals surface area contributed by atoms with Gasteiger partial charge in [0.25, 0.3) is 0 Å². The van der Waals surface area contributed by atoms with Crippen LogP contribution in [0.15, 0.2) is 121 Å². The Morgan fingerprint density at radius 3 is 1.66 bits per heavy atom. The van der Waals surface area contributed by atoms with E-state index in [0.717, 1.165) is 0 Å². The molecule has 2 unspecified atom stereocenters. The largest absolute Gasteiger partial charge is 0.0991 e. The van der Waals surface area contributed by atoms with Crippen molar-refractivity contribution in [2.75, 3.05) is 12.3 Å². The zero-order chi connectivity index (χ0) is 20.9. The molecule has 0 aliphatic rings. The average Bonchev–Trinajstić information content (AvgIpc) is 2.78. The third-order valence-electron chi connectivity index (χ3n) is 4.73. The van der Waals surface area contributed by atoms with Crippen LogP contribution in [0.25, 0.3) is 0 Å². The zero-order valence-electron chi connectivity index (χ0n) is 17.7. The van der Waals surface area contributed by atoms with Crippen molar-refractivity contribution in [3.8, 4) is 0 Å². The van der Waals surface area contributed by atoms with E-state index in [2.05, 4.69) is 112 Å². The second-order valence-corrected chi connectivity index (χ2v) is 11.2. The maximum atomic E-state index is 4.07. The van der Waals surface area contributed by atoms with Crippen LogP contribution in [0.3, 0.4) is 0 Å². The Kier molecular flexibility index (Phi) is 10.6. The molecule has 2 atom stereocenters. The highest BCUT2D eigenvalue weighted by atomic mass is 31.1. The van der Waals surface area contributed by atoms with Crippen molar-refractivity contribution in [1.82, 2.24) is 0 Å². The fourth-order valence-corrected chi connectivity index (χ4v) is 8.31. The monoisotopic (exact) mass is 418 g/mol. The average molecular weight is 419 g/mol. The molecule has 0 radical (unpaired) electrons. The van der Waals surface area contributed by atoms with E-state index in [4.69, 9.17) is 0 Å². The zero-order valence-corrected chi connectivity index (χ0v) is 19.5. The highest BCUT2D eigenvalue weighted by Gasteiger charge is 2.17. The maximum Gasteiger partial charge on any atom is -0.0195 e. The van der Waals surface area contributed by atoms with Crippen molar-refractivity contribution in [2.45, 2.75) is 20.3 Å². The molecule has 2 heteroatoms. The molecular formula is C27H32P2. The third-order valence-corrected chi connectivity index (χ3v) is 10.2. The van der Waals surface area contributed by atoms with E-state index in [-0.39, 0.29) is 15.8 Å². The van der Waals surface area contributed by atoms with E-state index in [1.807, 2.05) is 12.2 Å². The highest BCUT2D eigenvalue weighted by molar-refractivity contribution is 7.71. The maximum absolute atomic E-state index is 4.07. The molecule has 0 fully saturated rings. The van der Waals surface area contributed by atoms with E-state index in [1.54, 1.807) is 0 Å². The molecule has 0 nitrogen and oxygen atoms in total. The summed E-state index contributed by atoms with van der Waals surface area (Å²) in [4.78, 5) is 0. The van der Waals surface area contributed by atoms with Crippen LogP contribution >= 0.6 is 15.8 Å². The molecule has 2 aromatic rings. The highest BCUT2D eigenvalue weighted by Crippen LogP contribution is 2.49. The van der Waals surface area contributed by atoms with Gasteiger partial charge in [-0.05, 0) is 69.7 Å². The normalized spacial score (nSPS) is 14.6. The van der Waals surface area contributed by atoms with Gasteiger partial charge in [-0.2, -0.15) is 0 Å². The second kappa shape index (κ2) is 13.3. The fraction of sp³-hybridized carbons (Fsp3) is 0.185. The lowest BCUT2D eigenvalue weighted by Crippen LogP contribution is -2.08. The Bertz CT molecular complexity index is 845. The molecule has 0 amide bonds. The summed E-state index contributed by atoms with van der Waals surface area (Å²) in [5, 5.41) is 5.69. The number of allylic oxidation sites excluding steroid dienone is 8. The molecule has 0 saturated heterocycles. The molecule has 2 aromatic carbocycles. The van der Waals surface area contributed by atoms with Gasteiger partial charge in [0, 0.05) is 0 Å². The first-order valence-corrected chi connectivity index (χ1v) is 13.2. The van der Waals surface area contributed by atoms with Crippen molar-refractivity contribution in [1.29, 1.82) is 0 Å². The predicted octanol–water partition coefficient (Wildman–Crippen LogP) is 7.73. The third kappa shape index (κ3) is 7.08. The van der Waals surface area contributed by atoms with Gasteiger partial charge in [-0.1, -0.05) is 110 Å². The van der Waals surface area contributed by atoms with Crippen molar-refractivity contribution in [3.63, 3.8) is 0 Å². The molecule has 0 heterocycles. The SMILES string of the molecule is C=C/C=C\C(=C/C)P(CCCP(/C(C=C)=C/C)c1ccccc1)c1ccccc1. The van der Waals surface area contributed by atoms with Crippen LogP contribution in [0, 0.1) is 0 Å². The number of hydrogen-bond acceptors (Lipinski definition) is 0. The van der Waals surface area contributed by atoms with E-state index < -0.39 is 0 Å². The van der Waals surface area contributed by atoms with Gasteiger partial charge in [0.1, 0.15) is 0 Å². The van der Waals surface area contributed by atoms with Gasteiger partial charge in [-0.3, -0.25) is 0 Å². The molecule has 0 spiro atoms. The van der Waals surface area contributed by atoms with Crippen molar-refractivity contribution in [2.24, 2.45) is 0 Å². The minimum absolute atomic E-state index is 0.354. The Morgan fingerprint density at radius 2 is 1.24 bits per heavy atom. The second-order valence-electron chi connectivity index (χ2n) is 6.55. The molecule has 0 aliphatic carbocycles. The summed E-state index contributed by atoms with van der Waals surface area (Å²) < 4.78 is 0. The quantitative estimate of drug-likeness (QED) is 0.259. The summed E-state index contributed by atoms with van der Waals surface area (Å²) in [6, 6.07) is 21.9. The number of rotatable bonds is 11. The molecule has 150 valence electrons. The van der Waals surface area contributed by atoms with Gasteiger partial charge in [-0.15, -0.1) is 0 Å². The fourth-order valence-electron chi connectivity index (χ4n) is 3.31. The first kappa shape index (κ1) is 23.3. The molecule has 0 aromatic heterocycles. The lowest BCUT2D eigenvalue weighted by molar-refractivity contribution is 1.11. The van der Waals surface area contributed by atoms with E-state index >= 15 is 0 Å². The standard InChI is InChI=1S/C27H32P2/c1-5-9-17-25(8-4)29(27-20-14-11-15-21-27)23-16-22-28(24(6-2)7-3)26-18-12-10-13-19-26/h5-15,17-21H,1-2,16,22-23H2,3-4H3/b17-9-,24-7+,25-8+. The number of hydrogen-bond donors (Lipinski definition) is 0. The van der Waals surface area contributed by atoms with Crippen molar-refractivity contribution >= 4 is 26.5 Å². The predicted molar refractivity (Wildman–Crippen MR) is 137 cm³/mol. The summed E-state index contributed by atoms with van der Waals surface area (Å²) in [5.41, 5.74) is 0. The molecule has 0 N–H and O–H groups in total. The lowest BCUT2D eigenvalue weighted by Gasteiger charge is -2.23. The van der Waals surface area contributed by atoms with Gasteiger partial charge >= 0.3 is 0 Å². The molecule has 29 heavy (non-hydrogen) atoms. The summed E-state index contributed by atoms with van der Waals surface area (Å²) in [7, 11) is -0.720. The van der Waals surface area contributed by atoms with Crippen LogP contribution in [0.2, 0.25) is 0 Å². The number of benzene rings is 2. The Labute approximate surface area is 180 Å². The van der Waals surface area contributed by atoms with Crippen molar-refractivity contribution < 1.29 is 0 Å². The topological polar surface area (TPSA) is 0 Å². The Morgan fingerprint density at radius 1 is 0.759 bits per heavy atom. The molecular weight excluding hydrogens is 386 g/mol. The Balaban J connectivity index is 2.21. The van der Waals surface area contributed by atoms with Crippen molar-refractivity contribution in [3.05, 3.63) is 121 Å². The smallest absolute Gasteiger partial charge is 0.0195 e. The summed E-state index contributed by atoms with van der Waals surface area (Å²) in [6.07, 6.45) is 16.3. The van der Waals surface area contributed by atoms with E-state index in [1.165, 1.54) is 40.0 Å². The van der Waals surface area contributed by atoms with Gasteiger partial charge in [0.2, 0.25) is 0 Å². The minimum atomic E-state index is -0.367. The molecule has 0 bridgehead atoms.